The van der Waals surface area contributed by atoms with Gasteiger partial charge in [-0.2, -0.15) is 5.10 Å². The average Bonchev–Trinajstić information content (AvgIpc) is 2.95. The number of carbonyl (C=O) groups is 1. The van der Waals surface area contributed by atoms with Crippen LogP contribution in [0.4, 0.5) is 0 Å². The van der Waals surface area contributed by atoms with E-state index in [9.17, 15) is 9.59 Å². The topological polar surface area (TPSA) is 81.8 Å². The second-order valence-corrected chi connectivity index (χ2v) is 6.22. The number of carbonyl (C=O) groups excluding carboxylic acids is 1. The summed E-state index contributed by atoms with van der Waals surface area (Å²) in [6.45, 7) is 6.36. The molecule has 0 radical (unpaired) electrons. The molecule has 7 heteroatoms. The molecule has 26 heavy (non-hydrogen) atoms. The van der Waals surface area contributed by atoms with Crippen LogP contribution in [0, 0.1) is 20.8 Å². The third-order valence-corrected chi connectivity index (χ3v) is 3.97. The van der Waals surface area contributed by atoms with Crippen LogP contribution in [0.2, 0.25) is 0 Å². The normalized spacial score (nSPS) is 10.7. The van der Waals surface area contributed by atoms with Gasteiger partial charge in [-0.05, 0) is 45.0 Å². The fourth-order valence-electron chi connectivity index (χ4n) is 2.74. The van der Waals surface area contributed by atoms with Gasteiger partial charge in [0, 0.05) is 23.9 Å². The molecule has 1 N–H and O–H groups in total. The molecule has 0 bridgehead atoms. The lowest BCUT2D eigenvalue weighted by molar-refractivity contribution is 0.0951. The van der Waals surface area contributed by atoms with E-state index in [2.05, 4.69) is 15.5 Å². The van der Waals surface area contributed by atoms with E-state index in [1.807, 2.05) is 45.0 Å². The monoisotopic (exact) mass is 351 g/mol. The number of nitrogens with zero attached hydrogens (tertiary/aromatic N) is 4. The summed E-state index contributed by atoms with van der Waals surface area (Å²) >= 11 is 0. The van der Waals surface area contributed by atoms with E-state index in [-0.39, 0.29) is 18.0 Å². The van der Waals surface area contributed by atoms with Crippen LogP contribution in [0.15, 0.2) is 47.3 Å². The Labute approximate surface area is 151 Å². The van der Waals surface area contributed by atoms with Crippen molar-refractivity contribution in [2.24, 2.45) is 0 Å². The van der Waals surface area contributed by atoms with E-state index in [0.717, 1.165) is 17.0 Å². The van der Waals surface area contributed by atoms with Crippen LogP contribution in [0.1, 0.15) is 27.3 Å². The summed E-state index contributed by atoms with van der Waals surface area (Å²) in [5.41, 5.74) is 3.22. The van der Waals surface area contributed by atoms with E-state index < -0.39 is 0 Å². The molecule has 0 spiro atoms. The minimum Gasteiger partial charge on any atom is -0.350 e. The standard InChI is InChI=1S/C19H21N5O2/c1-13-5-4-6-16(11-13)19(26)20-9-10-23-18(25)8-7-17(22-23)24-15(3)12-14(2)21-24/h4-8,11-12H,9-10H2,1-3H3,(H,20,26). The molecule has 1 amide bonds. The van der Waals surface area contributed by atoms with Gasteiger partial charge < -0.3 is 5.32 Å². The van der Waals surface area contributed by atoms with Gasteiger partial charge >= 0.3 is 0 Å². The number of aryl methyl sites for hydroxylation is 3. The number of amides is 1. The molecule has 0 aliphatic carbocycles. The van der Waals surface area contributed by atoms with Gasteiger partial charge in [-0.1, -0.05) is 17.7 Å². The Kier molecular flexibility index (Phi) is 4.97. The smallest absolute Gasteiger partial charge is 0.266 e. The van der Waals surface area contributed by atoms with Gasteiger partial charge in [0.05, 0.1) is 12.2 Å². The zero-order valence-electron chi connectivity index (χ0n) is 15.1. The molecule has 0 saturated carbocycles. The Bertz CT molecular complexity index is 1000. The van der Waals surface area contributed by atoms with Crippen LogP contribution >= 0.6 is 0 Å². The quantitative estimate of drug-likeness (QED) is 0.760. The van der Waals surface area contributed by atoms with Crippen molar-refractivity contribution in [1.29, 1.82) is 0 Å². The van der Waals surface area contributed by atoms with Crippen molar-refractivity contribution in [2.45, 2.75) is 27.3 Å². The number of nitrogens with one attached hydrogen (secondary N) is 1. The molecule has 7 nitrogen and oxygen atoms in total. The van der Waals surface area contributed by atoms with Crippen molar-refractivity contribution in [1.82, 2.24) is 24.9 Å². The van der Waals surface area contributed by atoms with Gasteiger partial charge in [-0.3, -0.25) is 9.59 Å². The van der Waals surface area contributed by atoms with E-state index in [1.54, 1.807) is 16.8 Å². The maximum Gasteiger partial charge on any atom is 0.266 e. The van der Waals surface area contributed by atoms with Crippen LogP contribution in [0.5, 0.6) is 0 Å². The van der Waals surface area contributed by atoms with Gasteiger partial charge in [0.15, 0.2) is 5.82 Å². The van der Waals surface area contributed by atoms with Crippen LogP contribution in [-0.2, 0) is 6.54 Å². The van der Waals surface area contributed by atoms with Crippen molar-refractivity contribution in [3.05, 3.63) is 75.3 Å². The third-order valence-electron chi connectivity index (χ3n) is 3.97. The van der Waals surface area contributed by atoms with Crippen molar-refractivity contribution < 1.29 is 4.79 Å². The van der Waals surface area contributed by atoms with Gasteiger partial charge in [0.25, 0.3) is 11.5 Å². The highest BCUT2D eigenvalue weighted by Crippen LogP contribution is 2.07. The summed E-state index contributed by atoms with van der Waals surface area (Å²) in [6.07, 6.45) is 0. The van der Waals surface area contributed by atoms with Crippen LogP contribution in [0.25, 0.3) is 5.82 Å². The summed E-state index contributed by atoms with van der Waals surface area (Å²) in [5, 5.41) is 11.5. The molecule has 0 unspecified atom stereocenters. The predicted molar refractivity (Wildman–Crippen MR) is 98.6 cm³/mol. The highest BCUT2D eigenvalue weighted by molar-refractivity contribution is 5.94. The lowest BCUT2D eigenvalue weighted by atomic mass is 10.1. The first-order valence-corrected chi connectivity index (χ1v) is 8.41. The number of hydrogen-bond acceptors (Lipinski definition) is 4. The Morgan fingerprint density at radius 2 is 1.88 bits per heavy atom. The largest absolute Gasteiger partial charge is 0.350 e. The summed E-state index contributed by atoms with van der Waals surface area (Å²) < 4.78 is 3.03. The highest BCUT2D eigenvalue weighted by atomic mass is 16.2. The number of rotatable bonds is 5. The van der Waals surface area contributed by atoms with Gasteiger partial charge in [0.1, 0.15) is 0 Å². The van der Waals surface area contributed by atoms with E-state index >= 15 is 0 Å². The van der Waals surface area contributed by atoms with Crippen molar-refractivity contribution >= 4 is 5.91 Å². The average molecular weight is 351 g/mol. The van der Waals surface area contributed by atoms with Gasteiger partial charge in [0.2, 0.25) is 0 Å². The summed E-state index contributed by atoms with van der Waals surface area (Å²) in [5.74, 6) is 0.400. The zero-order valence-corrected chi connectivity index (χ0v) is 15.1. The van der Waals surface area contributed by atoms with Crippen LogP contribution in [0.3, 0.4) is 0 Å². The molecule has 3 rings (SSSR count). The van der Waals surface area contributed by atoms with E-state index in [1.165, 1.54) is 10.7 Å². The molecule has 134 valence electrons. The summed E-state index contributed by atoms with van der Waals surface area (Å²) in [7, 11) is 0. The molecule has 0 aliphatic rings. The fourth-order valence-corrected chi connectivity index (χ4v) is 2.74. The second-order valence-electron chi connectivity index (χ2n) is 6.22. The highest BCUT2D eigenvalue weighted by Gasteiger charge is 2.09. The molecule has 0 saturated heterocycles. The van der Waals surface area contributed by atoms with Crippen molar-refractivity contribution in [2.75, 3.05) is 6.54 Å². The molecule has 3 aromatic rings. The fraction of sp³-hybridized carbons (Fsp3) is 0.263. The van der Waals surface area contributed by atoms with Gasteiger partial charge in [-0.25, -0.2) is 9.36 Å². The van der Waals surface area contributed by atoms with Crippen LogP contribution < -0.4 is 10.9 Å². The molecular formula is C19H21N5O2. The molecule has 0 fully saturated rings. The Morgan fingerprint density at radius 1 is 1.08 bits per heavy atom. The van der Waals surface area contributed by atoms with Crippen molar-refractivity contribution in [3.63, 3.8) is 0 Å². The third kappa shape index (κ3) is 3.88. The first kappa shape index (κ1) is 17.6. The second kappa shape index (κ2) is 7.35. The molecular weight excluding hydrogens is 330 g/mol. The van der Waals surface area contributed by atoms with Crippen LogP contribution in [-0.4, -0.2) is 32.0 Å². The minimum atomic E-state index is -0.222. The molecule has 0 aliphatic heterocycles. The molecule has 0 atom stereocenters. The summed E-state index contributed by atoms with van der Waals surface area (Å²) in [6, 6.07) is 12.4. The lowest BCUT2D eigenvalue weighted by Gasteiger charge is -2.09. The number of benzene rings is 1. The first-order valence-electron chi connectivity index (χ1n) is 8.41. The summed E-state index contributed by atoms with van der Waals surface area (Å²) in [4.78, 5) is 24.2. The molecule has 1 aromatic carbocycles. The minimum absolute atomic E-state index is 0.170. The number of aromatic nitrogens is 4. The maximum absolute atomic E-state index is 12.2. The molecule has 2 aromatic heterocycles. The Balaban J connectivity index is 1.70. The predicted octanol–water partition coefficient (Wildman–Crippen LogP) is 1.78. The van der Waals surface area contributed by atoms with Crippen molar-refractivity contribution in [3.8, 4) is 5.82 Å². The van der Waals surface area contributed by atoms with E-state index in [0.29, 0.717) is 17.9 Å². The SMILES string of the molecule is Cc1cccc(C(=O)NCCn2nc(-n3nc(C)cc3C)ccc2=O)c1. The maximum atomic E-state index is 12.2. The lowest BCUT2D eigenvalue weighted by Crippen LogP contribution is -2.32. The van der Waals surface area contributed by atoms with E-state index in [4.69, 9.17) is 0 Å². The zero-order chi connectivity index (χ0) is 18.7. The first-order chi connectivity index (χ1) is 12.4. The number of hydrogen-bond donors (Lipinski definition) is 1. The molecule has 2 heterocycles. The Hall–Kier alpha value is -3.22. The van der Waals surface area contributed by atoms with Gasteiger partial charge in [-0.15, -0.1) is 5.10 Å². The Morgan fingerprint density at radius 3 is 2.58 bits per heavy atom.